The van der Waals surface area contributed by atoms with Gasteiger partial charge in [0.1, 0.15) is 0 Å². The molecule has 1 nitrogen and oxygen atoms in total. The topological polar surface area (TPSA) is 12.0 Å². The van der Waals surface area contributed by atoms with E-state index in [1.807, 2.05) is 18.2 Å². The van der Waals surface area contributed by atoms with Crippen LogP contribution in [-0.4, -0.2) is 6.54 Å². The van der Waals surface area contributed by atoms with Crippen molar-refractivity contribution in [2.24, 2.45) is 0 Å². The molecule has 76 valence electrons. The van der Waals surface area contributed by atoms with Crippen molar-refractivity contribution in [2.45, 2.75) is 13.3 Å². The maximum Gasteiger partial charge on any atom is 0.0648 e. The highest BCUT2D eigenvalue weighted by molar-refractivity contribution is 14.1. The van der Waals surface area contributed by atoms with Gasteiger partial charge < -0.3 is 5.32 Å². The van der Waals surface area contributed by atoms with Crippen LogP contribution in [0.4, 0.5) is 5.69 Å². The number of nitrogens with one attached hydrogen (secondary N) is 1. The van der Waals surface area contributed by atoms with Gasteiger partial charge in [-0.2, -0.15) is 0 Å². The largest absolute Gasteiger partial charge is 0.380 e. The van der Waals surface area contributed by atoms with Gasteiger partial charge in [-0.05, 0) is 47.2 Å². The summed E-state index contributed by atoms with van der Waals surface area (Å²) in [5.41, 5.74) is 2.15. The minimum atomic E-state index is 0.765. The molecule has 3 heteroatoms. The number of rotatable bonds is 4. The standard InChI is InChI=1S/C11H13ClIN/c1-3-8(2)7-14-11-5-4-9(13)6-10(11)12/h4-6,14H,2-3,7H2,1H3. The predicted molar refractivity (Wildman–Crippen MR) is 72.1 cm³/mol. The summed E-state index contributed by atoms with van der Waals surface area (Å²) in [5.74, 6) is 0. The van der Waals surface area contributed by atoms with Crippen LogP contribution in [0.1, 0.15) is 13.3 Å². The second kappa shape index (κ2) is 5.61. The van der Waals surface area contributed by atoms with Gasteiger partial charge in [0.25, 0.3) is 0 Å². The van der Waals surface area contributed by atoms with Crippen molar-refractivity contribution in [1.82, 2.24) is 0 Å². The second-order valence-electron chi connectivity index (χ2n) is 3.08. The van der Waals surface area contributed by atoms with Gasteiger partial charge in [-0.3, -0.25) is 0 Å². The Kier molecular flexibility index (Phi) is 4.75. The summed E-state index contributed by atoms with van der Waals surface area (Å²) in [6.07, 6.45) is 0.995. The number of hydrogen-bond acceptors (Lipinski definition) is 1. The van der Waals surface area contributed by atoms with Crippen LogP contribution in [0.2, 0.25) is 5.02 Å². The molecule has 0 aliphatic rings. The molecule has 1 aromatic carbocycles. The molecule has 0 amide bonds. The van der Waals surface area contributed by atoms with E-state index < -0.39 is 0 Å². The Hall–Kier alpha value is -0.220. The lowest BCUT2D eigenvalue weighted by molar-refractivity contribution is 1.05. The fourth-order valence-corrected chi connectivity index (χ4v) is 1.90. The fraction of sp³-hybridized carbons (Fsp3) is 0.273. The van der Waals surface area contributed by atoms with Crippen LogP contribution in [-0.2, 0) is 0 Å². The van der Waals surface area contributed by atoms with E-state index in [2.05, 4.69) is 41.4 Å². The van der Waals surface area contributed by atoms with E-state index in [1.165, 1.54) is 5.57 Å². The van der Waals surface area contributed by atoms with Crippen LogP contribution < -0.4 is 5.32 Å². The first-order chi connectivity index (χ1) is 6.63. The molecule has 0 spiro atoms. The molecule has 0 atom stereocenters. The highest BCUT2D eigenvalue weighted by atomic mass is 127. The van der Waals surface area contributed by atoms with Crippen LogP contribution in [0.25, 0.3) is 0 Å². The number of benzene rings is 1. The van der Waals surface area contributed by atoms with Gasteiger partial charge in [0, 0.05) is 10.1 Å². The Morgan fingerprint density at radius 1 is 1.57 bits per heavy atom. The summed E-state index contributed by atoms with van der Waals surface area (Å²) >= 11 is 8.30. The minimum absolute atomic E-state index is 0.765. The Bertz CT molecular complexity index is 336. The lowest BCUT2D eigenvalue weighted by atomic mass is 10.2. The molecule has 0 bridgehead atoms. The van der Waals surface area contributed by atoms with E-state index in [4.69, 9.17) is 11.6 Å². The molecule has 1 N–H and O–H groups in total. The Morgan fingerprint density at radius 3 is 2.86 bits per heavy atom. The molecule has 1 aromatic rings. The van der Waals surface area contributed by atoms with Gasteiger partial charge >= 0.3 is 0 Å². The average molecular weight is 322 g/mol. The predicted octanol–water partition coefficient (Wildman–Crippen LogP) is 4.32. The van der Waals surface area contributed by atoms with Gasteiger partial charge in [-0.15, -0.1) is 0 Å². The molecule has 1 rings (SSSR count). The molecule has 14 heavy (non-hydrogen) atoms. The van der Waals surface area contributed by atoms with Crippen LogP contribution in [0.15, 0.2) is 30.4 Å². The van der Waals surface area contributed by atoms with Crippen LogP contribution >= 0.6 is 34.2 Å². The van der Waals surface area contributed by atoms with E-state index in [-0.39, 0.29) is 0 Å². The van der Waals surface area contributed by atoms with Gasteiger partial charge in [-0.25, -0.2) is 0 Å². The summed E-state index contributed by atoms with van der Waals surface area (Å²) < 4.78 is 1.15. The van der Waals surface area contributed by atoms with Gasteiger partial charge in [-0.1, -0.05) is 30.7 Å². The third-order valence-corrected chi connectivity index (χ3v) is 2.94. The Morgan fingerprint density at radius 2 is 2.29 bits per heavy atom. The van der Waals surface area contributed by atoms with E-state index in [9.17, 15) is 0 Å². The average Bonchev–Trinajstić information content (AvgIpc) is 2.16. The molecule has 0 radical (unpaired) electrons. The van der Waals surface area contributed by atoms with E-state index >= 15 is 0 Å². The number of hydrogen-bond donors (Lipinski definition) is 1. The smallest absolute Gasteiger partial charge is 0.0648 e. The fourth-order valence-electron chi connectivity index (χ4n) is 0.978. The first kappa shape index (κ1) is 11.9. The third-order valence-electron chi connectivity index (χ3n) is 1.96. The van der Waals surface area contributed by atoms with Crippen molar-refractivity contribution < 1.29 is 0 Å². The number of anilines is 1. The lowest BCUT2D eigenvalue weighted by Crippen LogP contribution is -2.03. The van der Waals surface area contributed by atoms with Crippen molar-refractivity contribution in [3.63, 3.8) is 0 Å². The van der Waals surface area contributed by atoms with Gasteiger partial charge in [0.15, 0.2) is 0 Å². The summed E-state index contributed by atoms with van der Waals surface area (Å²) in [7, 11) is 0. The highest BCUT2D eigenvalue weighted by Gasteiger charge is 2.00. The van der Waals surface area contributed by atoms with Crippen LogP contribution in [0.3, 0.4) is 0 Å². The molecular formula is C11H13ClIN. The van der Waals surface area contributed by atoms with Gasteiger partial charge in [0.2, 0.25) is 0 Å². The lowest BCUT2D eigenvalue weighted by Gasteiger charge is -2.09. The number of halogens is 2. The first-order valence-corrected chi connectivity index (χ1v) is 5.94. The molecule has 0 aliphatic carbocycles. The van der Waals surface area contributed by atoms with Crippen molar-refractivity contribution in [3.8, 4) is 0 Å². The monoisotopic (exact) mass is 321 g/mol. The summed E-state index contributed by atoms with van der Waals surface area (Å²) in [5, 5.41) is 4.02. The molecule has 0 aliphatic heterocycles. The van der Waals surface area contributed by atoms with Crippen LogP contribution in [0.5, 0.6) is 0 Å². The normalized spacial score (nSPS) is 9.93. The molecule has 0 unspecified atom stereocenters. The quantitative estimate of drug-likeness (QED) is 0.643. The second-order valence-corrected chi connectivity index (χ2v) is 4.73. The Labute approximate surface area is 104 Å². The minimum Gasteiger partial charge on any atom is -0.380 e. The van der Waals surface area contributed by atoms with E-state index in [0.29, 0.717) is 0 Å². The van der Waals surface area contributed by atoms with E-state index in [1.54, 1.807) is 0 Å². The Balaban J connectivity index is 2.63. The summed E-state index contributed by atoms with van der Waals surface area (Å²) in [6, 6.07) is 5.97. The van der Waals surface area contributed by atoms with Crippen molar-refractivity contribution in [2.75, 3.05) is 11.9 Å². The van der Waals surface area contributed by atoms with E-state index in [0.717, 1.165) is 27.2 Å². The zero-order valence-corrected chi connectivity index (χ0v) is 11.0. The van der Waals surface area contributed by atoms with Crippen molar-refractivity contribution in [1.29, 1.82) is 0 Å². The molecule has 0 aromatic heterocycles. The molecule has 0 fully saturated rings. The van der Waals surface area contributed by atoms with Crippen LogP contribution in [0, 0.1) is 3.57 Å². The summed E-state index contributed by atoms with van der Waals surface area (Å²) in [6.45, 7) is 6.81. The molecule has 0 heterocycles. The maximum absolute atomic E-state index is 6.06. The maximum atomic E-state index is 6.06. The molecule has 0 saturated carbocycles. The van der Waals surface area contributed by atoms with Crippen molar-refractivity contribution >= 4 is 39.9 Å². The molecular weight excluding hydrogens is 308 g/mol. The third kappa shape index (κ3) is 3.50. The highest BCUT2D eigenvalue weighted by Crippen LogP contribution is 2.23. The first-order valence-electron chi connectivity index (χ1n) is 4.49. The SMILES string of the molecule is C=C(CC)CNc1ccc(I)cc1Cl. The van der Waals surface area contributed by atoms with Crippen molar-refractivity contribution in [3.05, 3.63) is 38.9 Å². The zero-order chi connectivity index (χ0) is 10.6. The van der Waals surface area contributed by atoms with Gasteiger partial charge in [0.05, 0.1) is 10.7 Å². The zero-order valence-electron chi connectivity index (χ0n) is 8.11. The molecule has 0 saturated heterocycles. The summed E-state index contributed by atoms with van der Waals surface area (Å²) in [4.78, 5) is 0.